The van der Waals surface area contributed by atoms with Crippen LogP contribution in [0.1, 0.15) is 43.9 Å². The van der Waals surface area contributed by atoms with Crippen LogP contribution in [0.3, 0.4) is 0 Å². The molecule has 0 saturated heterocycles. The van der Waals surface area contributed by atoms with E-state index in [1.54, 1.807) is 12.3 Å². The number of halogens is 2. The molecule has 1 aliphatic rings. The van der Waals surface area contributed by atoms with Crippen molar-refractivity contribution in [1.29, 1.82) is 0 Å². The van der Waals surface area contributed by atoms with Crippen LogP contribution in [0.4, 0.5) is 5.95 Å². The molecule has 1 fully saturated rings. The van der Waals surface area contributed by atoms with Gasteiger partial charge in [0, 0.05) is 28.6 Å². The number of aromatic nitrogens is 2. The summed E-state index contributed by atoms with van der Waals surface area (Å²) >= 11 is 12.2. The summed E-state index contributed by atoms with van der Waals surface area (Å²) in [5, 5.41) is 3.95. The molecule has 0 unspecified atom stereocenters. The van der Waals surface area contributed by atoms with Gasteiger partial charge in [0.25, 0.3) is 0 Å². The number of hydrogen-bond donors (Lipinski definition) is 2. The highest BCUT2D eigenvalue weighted by Gasteiger charge is 2.59. The van der Waals surface area contributed by atoms with Gasteiger partial charge in [0.15, 0.2) is 0 Å². The first-order valence-electron chi connectivity index (χ1n) is 7.07. The monoisotopic (exact) mass is 337 g/mol. The number of aromatic amines is 1. The minimum Gasteiger partial charge on any atom is -0.328 e. The molecule has 6 heteroatoms. The third kappa shape index (κ3) is 2.73. The van der Waals surface area contributed by atoms with Crippen LogP contribution in [0.2, 0.25) is 10.0 Å². The molecule has 1 heterocycles. The topological polar surface area (TPSA) is 57.8 Å². The molecular formula is C16H17Cl2N3O. The molecule has 0 aliphatic heterocycles. The standard InChI is InChI=1S/C16H17Cl2N3O/c1-8(22)20-15-19-7-12(21-15)14-13(16(14,2)3)9-4-10(17)6-11(18)5-9/h4-7,13-14H,1-3H3,(H2,19,20,21,22)/t13-,14-/m1/s1. The van der Waals surface area contributed by atoms with Crippen LogP contribution in [0, 0.1) is 5.41 Å². The van der Waals surface area contributed by atoms with Crippen molar-refractivity contribution in [3.63, 3.8) is 0 Å². The van der Waals surface area contributed by atoms with E-state index in [0.717, 1.165) is 11.3 Å². The van der Waals surface area contributed by atoms with Crippen molar-refractivity contribution in [2.75, 3.05) is 5.32 Å². The predicted molar refractivity (Wildman–Crippen MR) is 88.6 cm³/mol. The van der Waals surface area contributed by atoms with Crippen molar-refractivity contribution >= 4 is 35.1 Å². The fraction of sp³-hybridized carbons (Fsp3) is 0.375. The molecule has 1 aromatic carbocycles. The number of H-pyrrole nitrogens is 1. The minimum absolute atomic E-state index is 0.0774. The number of nitrogens with one attached hydrogen (secondary N) is 2. The van der Waals surface area contributed by atoms with Crippen molar-refractivity contribution in [3.05, 3.63) is 45.7 Å². The molecule has 0 spiro atoms. The Morgan fingerprint density at radius 2 is 1.86 bits per heavy atom. The van der Waals surface area contributed by atoms with Crippen LogP contribution in [-0.2, 0) is 4.79 Å². The second kappa shape index (κ2) is 5.28. The second-order valence-corrected chi connectivity index (χ2v) is 7.22. The van der Waals surface area contributed by atoms with E-state index >= 15 is 0 Å². The second-order valence-electron chi connectivity index (χ2n) is 6.35. The fourth-order valence-corrected chi connectivity index (χ4v) is 3.86. The number of anilines is 1. The molecule has 2 aromatic rings. The van der Waals surface area contributed by atoms with Gasteiger partial charge in [-0.1, -0.05) is 37.0 Å². The maximum absolute atomic E-state index is 11.1. The Balaban J connectivity index is 1.89. The highest BCUT2D eigenvalue weighted by atomic mass is 35.5. The summed E-state index contributed by atoms with van der Waals surface area (Å²) in [7, 11) is 0. The molecule has 22 heavy (non-hydrogen) atoms. The number of carbonyl (C=O) groups is 1. The summed E-state index contributed by atoms with van der Waals surface area (Å²) in [6, 6.07) is 5.66. The van der Waals surface area contributed by atoms with Crippen LogP contribution < -0.4 is 5.32 Å². The van der Waals surface area contributed by atoms with Gasteiger partial charge in [-0.15, -0.1) is 0 Å². The lowest BCUT2D eigenvalue weighted by Crippen LogP contribution is -2.07. The summed E-state index contributed by atoms with van der Waals surface area (Å²) in [4.78, 5) is 18.5. The van der Waals surface area contributed by atoms with Crippen LogP contribution in [-0.4, -0.2) is 15.9 Å². The van der Waals surface area contributed by atoms with E-state index in [0.29, 0.717) is 21.9 Å². The number of amides is 1. The van der Waals surface area contributed by atoms with Gasteiger partial charge in [0.1, 0.15) is 0 Å². The summed E-state index contributed by atoms with van der Waals surface area (Å²) in [6.45, 7) is 5.87. The van der Waals surface area contributed by atoms with Crippen molar-refractivity contribution in [3.8, 4) is 0 Å². The lowest BCUT2D eigenvalue weighted by Gasteiger charge is -2.04. The summed E-state index contributed by atoms with van der Waals surface area (Å²) in [6.07, 6.45) is 1.78. The lowest BCUT2D eigenvalue weighted by atomic mass is 10.0. The Kier molecular flexibility index (Phi) is 3.69. The zero-order chi connectivity index (χ0) is 16.1. The van der Waals surface area contributed by atoms with Crippen molar-refractivity contribution in [1.82, 2.24) is 9.97 Å². The quantitative estimate of drug-likeness (QED) is 0.860. The van der Waals surface area contributed by atoms with Crippen LogP contribution in [0.15, 0.2) is 24.4 Å². The van der Waals surface area contributed by atoms with E-state index in [-0.39, 0.29) is 17.2 Å². The Morgan fingerprint density at radius 1 is 1.23 bits per heavy atom. The first kappa shape index (κ1) is 15.4. The highest BCUT2D eigenvalue weighted by molar-refractivity contribution is 6.34. The van der Waals surface area contributed by atoms with Gasteiger partial charge in [-0.25, -0.2) is 4.98 Å². The molecule has 2 N–H and O–H groups in total. The average molecular weight is 338 g/mol. The zero-order valence-electron chi connectivity index (χ0n) is 12.6. The van der Waals surface area contributed by atoms with E-state index < -0.39 is 0 Å². The molecule has 1 aromatic heterocycles. The smallest absolute Gasteiger partial charge is 0.223 e. The lowest BCUT2D eigenvalue weighted by molar-refractivity contribution is -0.114. The van der Waals surface area contributed by atoms with E-state index in [9.17, 15) is 4.79 Å². The number of rotatable bonds is 3. The maximum Gasteiger partial charge on any atom is 0.223 e. The molecule has 3 rings (SSSR count). The Hall–Kier alpha value is -1.52. The molecule has 2 atom stereocenters. The van der Waals surface area contributed by atoms with E-state index in [2.05, 4.69) is 29.1 Å². The molecular weight excluding hydrogens is 321 g/mol. The summed E-state index contributed by atoms with van der Waals surface area (Å²) < 4.78 is 0. The third-order valence-electron chi connectivity index (χ3n) is 4.30. The van der Waals surface area contributed by atoms with E-state index in [1.165, 1.54) is 6.92 Å². The fourth-order valence-electron chi connectivity index (χ4n) is 3.32. The van der Waals surface area contributed by atoms with Crippen molar-refractivity contribution in [2.24, 2.45) is 5.41 Å². The van der Waals surface area contributed by atoms with Crippen LogP contribution in [0.5, 0.6) is 0 Å². The molecule has 1 aliphatic carbocycles. The maximum atomic E-state index is 11.1. The Bertz CT molecular complexity index is 718. The van der Waals surface area contributed by atoms with Gasteiger partial charge in [-0.2, -0.15) is 0 Å². The SMILES string of the molecule is CC(=O)Nc1ncc([C@@H]2[C@@H](c3cc(Cl)cc(Cl)c3)C2(C)C)[nH]1. The zero-order valence-corrected chi connectivity index (χ0v) is 14.1. The molecule has 0 bridgehead atoms. The number of nitrogens with zero attached hydrogens (tertiary/aromatic N) is 1. The summed E-state index contributed by atoms with van der Waals surface area (Å²) in [5.74, 6) is 0.938. The molecule has 1 saturated carbocycles. The van der Waals surface area contributed by atoms with E-state index in [4.69, 9.17) is 23.2 Å². The Morgan fingerprint density at radius 3 is 2.45 bits per heavy atom. The van der Waals surface area contributed by atoms with Gasteiger partial charge in [-0.3, -0.25) is 10.1 Å². The minimum atomic E-state index is -0.144. The molecule has 0 radical (unpaired) electrons. The highest BCUT2D eigenvalue weighted by Crippen LogP contribution is 2.69. The molecule has 1 amide bonds. The number of imidazole rings is 1. The average Bonchev–Trinajstić information content (AvgIpc) is 2.73. The Labute approximate surface area is 139 Å². The number of hydrogen-bond acceptors (Lipinski definition) is 2. The van der Waals surface area contributed by atoms with E-state index in [1.807, 2.05) is 12.1 Å². The first-order chi connectivity index (χ1) is 10.3. The number of benzene rings is 1. The van der Waals surface area contributed by atoms with Gasteiger partial charge < -0.3 is 4.98 Å². The number of carbonyl (C=O) groups excluding carboxylic acids is 1. The van der Waals surface area contributed by atoms with Gasteiger partial charge in [-0.05, 0) is 35.1 Å². The van der Waals surface area contributed by atoms with Gasteiger partial charge in [0.05, 0.1) is 6.20 Å². The van der Waals surface area contributed by atoms with Gasteiger partial charge >= 0.3 is 0 Å². The van der Waals surface area contributed by atoms with Crippen molar-refractivity contribution in [2.45, 2.75) is 32.6 Å². The largest absolute Gasteiger partial charge is 0.328 e. The third-order valence-corrected chi connectivity index (χ3v) is 4.73. The van der Waals surface area contributed by atoms with Gasteiger partial charge in [0.2, 0.25) is 11.9 Å². The van der Waals surface area contributed by atoms with Crippen LogP contribution in [0.25, 0.3) is 0 Å². The summed E-state index contributed by atoms with van der Waals surface area (Å²) in [5.41, 5.74) is 2.21. The van der Waals surface area contributed by atoms with Crippen molar-refractivity contribution < 1.29 is 4.79 Å². The van der Waals surface area contributed by atoms with Crippen LogP contribution >= 0.6 is 23.2 Å². The molecule has 116 valence electrons. The molecule has 4 nitrogen and oxygen atoms in total. The first-order valence-corrected chi connectivity index (χ1v) is 7.83. The predicted octanol–water partition coefficient (Wildman–Crippen LogP) is 4.58. The normalized spacial score (nSPS) is 22.4.